The Morgan fingerprint density at radius 1 is 1.00 bits per heavy atom. The van der Waals surface area contributed by atoms with Crippen molar-refractivity contribution in [3.63, 3.8) is 0 Å². The normalized spacial score (nSPS) is 28.9. The second-order valence-corrected chi connectivity index (χ2v) is 13.9. The molecule has 4 aliphatic rings. The van der Waals surface area contributed by atoms with Crippen LogP contribution in [0.4, 0.5) is 0 Å². The van der Waals surface area contributed by atoms with E-state index >= 15 is 0 Å². The summed E-state index contributed by atoms with van der Waals surface area (Å²) < 4.78 is 6.81. The molecule has 0 saturated heterocycles. The molecule has 0 amide bonds. The summed E-state index contributed by atoms with van der Waals surface area (Å²) in [5.41, 5.74) is 5.84. The first kappa shape index (κ1) is 21.9. The van der Waals surface area contributed by atoms with Gasteiger partial charge in [-0.15, -0.1) is 0 Å². The van der Waals surface area contributed by atoms with Crippen LogP contribution >= 0.6 is 0 Å². The number of benzene rings is 1. The van der Waals surface area contributed by atoms with E-state index in [1.54, 1.807) is 6.20 Å². The van der Waals surface area contributed by atoms with Crippen LogP contribution in [0.1, 0.15) is 80.8 Å². The van der Waals surface area contributed by atoms with E-state index in [-0.39, 0.29) is 10.8 Å². The minimum Gasteiger partial charge on any atom is -0.542 e. The average molecular weight is 447 g/mol. The van der Waals surface area contributed by atoms with Crippen LogP contribution in [0.25, 0.3) is 11.3 Å². The number of aromatic nitrogens is 1. The van der Waals surface area contributed by atoms with Crippen LogP contribution in [0.15, 0.2) is 30.5 Å². The molecule has 1 aromatic carbocycles. The lowest BCUT2D eigenvalue weighted by Crippen LogP contribution is -2.49. The van der Waals surface area contributed by atoms with E-state index in [1.165, 1.54) is 49.7 Å². The van der Waals surface area contributed by atoms with Crippen molar-refractivity contribution in [3.05, 3.63) is 47.2 Å². The zero-order valence-corrected chi connectivity index (χ0v) is 21.2. The molecule has 3 nitrogen and oxygen atoms in total. The highest BCUT2D eigenvalue weighted by Crippen LogP contribution is 2.63. The van der Waals surface area contributed by atoms with Gasteiger partial charge in [-0.05, 0) is 98.6 Å². The van der Waals surface area contributed by atoms with Gasteiger partial charge in [0.1, 0.15) is 5.75 Å². The first-order valence-corrected chi connectivity index (χ1v) is 14.7. The molecule has 1 aromatic heterocycles. The third-order valence-corrected chi connectivity index (χ3v) is 8.65. The maximum Gasteiger partial charge on any atom is 0.274 e. The zero-order valence-electron chi connectivity index (χ0n) is 20.2. The fraction of sp³-hybridized carbons (Fsp3) is 0.571. The van der Waals surface area contributed by atoms with Gasteiger partial charge in [-0.2, -0.15) is 0 Å². The molecule has 0 aliphatic heterocycles. The quantitative estimate of drug-likeness (QED) is 0.368. The maximum atomic E-state index is 11.2. The van der Waals surface area contributed by atoms with E-state index in [4.69, 9.17) is 4.43 Å². The Balaban J connectivity index is 1.75. The van der Waals surface area contributed by atoms with Crippen LogP contribution in [0, 0.1) is 17.8 Å². The van der Waals surface area contributed by atoms with Crippen LogP contribution in [-0.2, 0) is 10.8 Å². The second kappa shape index (κ2) is 7.83. The third kappa shape index (κ3) is 3.75. The highest BCUT2D eigenvalue weighted by Gasteiger charge is 2.54. The monoisotopic (exact) mass is 446 g/mol. The van der Waals surface area contributed by atoms with Crippen molar-refractivity contribution in [2.45, 2.75) is 83.2 Å². The summed E-state index contributed by atoms with van der Waals surface area (Å²) in [5, 5.41) is 0. The van der Waals surface area contributed by atoms with Crippen molar-refractivity contribution in [1.29, 1.82) is 0 Å². The van der Waals surface area contributed by atoms with Crippen LogP contribution < -0.4 is 4.43 Å². The van der Waals surface area contributed by atoms with Gasteiger partial charge in [-0.1, -0.05) is 26.8 Å². The fourth-order valence-electron chi connectivity index (χ4n) is 7.30. The summed E-state index contributed by atoms with van der Waals surface area (Å²) in [5.74, 6) is 3.72. The minimum absolute atomic E-state index is 0.0541. The molecule has 6 rings (SSSR count). The Morgan fingerprint density at radius 2 is 1.62 bits per heavy atom. The van der Waals surface area contributed by atoms with E-state index in [0.717, 1.165) is 41.0 Å². The number of nitrogens with zero attached hydrogens (tertiary/aromatic N) is 1. The van der Waals surface area contributed by atoms with Crippen molar-refractivity contribution in [1.82, 2.24) is 4.98 Å². The number of rotatable bonds is 5. The lowest BCUT2D eigenvalue weighted by atomic mass is 9.47. The Morgan fingerprint density at radius 3 is 2.09 bits per heavy atom. The molecule has 1 heterocycles. The van der Waals surface area contributed by atoms with Gasteiger partial charge >= 0.3 is 0 Å². The first-order chi connectivity index (χ1) is 15.2. The summed E-state index contributed by atoms with van der Waals surface area (Å²) in [7, 11) is -0.966. The molecular weight excluding hydrogens is 410 g/mol. The number of carbonyl (C=O) groups is 1. The second-order valence-electron chi connectivity index (χ2n) is 11.9. The molecule has 4 fully saturated rings. The Labute approximate surface area is 194 Å². The van der Waals surface area contributed by atoms with Gasteiger partial charge in [0.25, 0.3) is 9.04 Å². The summed E-state index contributed by atoms with van der Waals surface area (Å²) in [6.07, 6.45) is 10.8. The standard InChI is InChI=1S/C28H36NO2Si/c1-27(2,3)23-8-7-22(24-9-6-18(17-30)16-29-24)26(31-32(4)5)25(23)28-13-19-10-20(14-28)12-21(11-19)15-28/h6-9,16-17,19-21H,10-15H2,1-5H3. The van der Waals surface area contributed by atoms with Crippen molar-refractivity contribution in [3.8, 4) is 17.0 Å². The van der Waals surface area contributed by atoms with E-state index in [0.29, 0.717) is 5.56 Å². The van der Waals surface area contributed by atoms with Crippen molar-refractivity contribution in [2.24, 2.45) is 17.8 Å². The molecule has 4 bridgehead atoms. The average Bonchev–Trinajstić information content (AvgIpc) is 2.71. The minimum atomic E-state index is -0.966. The predicted octanol–water partition coefficient (Wildman–Crippen LogP) is 6.96. The van der Waals surface area contributed by atoms with Crippen molar-refractivity contribution < 1.29 is 9.22 Å². The third-order valence-electron chi connectivity index (χ3n) is 8.04. The summed E-state index contributed by atoms with van der Waals surface area (Å²) >= 11 is 0. The number of hydrogen-bond donors (Lipinski definition) is 0. The molecule has 0 unspecified atom stereocenters. The van der Waals surface area contributed by atoms with Gasteiger partial charge in [0.15, 0.2) is 6.29 Å². The van der Waals surface area contributed by atoms with Crippen molar-refractivity contribution >= 4 is 15.3 Å². The van der Waals surface area contributed by atoms with Gasteiger partial charge in [-0.3, -0.25) is 9.78 Å². The van der Waals surface area contributed by atoms with E-state index in [1.807, 2.05) is 12.1 Å². The molecule has 4 heteroatoms. The van der Waals surface area contributed by atoms with Crippen LogP contribution in [0.5, 0.6) is 5.75 Å². The maximum absolute atomic E-state index is 11.2. The molecule has 169 valence electrons. The molecule has 4 saturated carbocycles. The SMILES string of the molecule is C[Si](C)Oc1c(-c2ccc(C=O)cn2)ccc(C(C)(C)C)c1C12CC3CC(CC(C3)C1)C2. The lowest BCUT2D eigenvalue weighted by Gasteiger charge is -2.58. The molecule has 4 aliphatic carbocycles. The molecule has 0 spiro atoms. The van der Waals surface area contributed by atoms with Gasteiger partial charge < -0.3 is 4.43 Å². The van der Waals surface area contributed by atoms with E-state index < -0.39 is 9.04 Å². The Kier molecular flexibility index (Phi) is 5.35. The first-order valence-electron chi connectivity index (χ1n) is 12.3. The summed E-state index contributed by atoms with van der Waals surface area (Å²) in [4.78, 5) is 15.8. The Hall–Kier alpha value is -1.94. The van der Waals surface area contributed by atoms with Gasteiger partial charge in [-0.25, -0.2) is 0 Å². The molecular formula is C28H36NO2Si. The van der Waals surface area contributed by atoms with Gasteiger partial charge in [0.05, 0.1) is 5.69 Å². The summed E-state index contributed by atoms with van der Waals surface area (Å²) in [6.45, 7) is 11.5. The molecule has 0 atom stereocenters. The van der Waals surface area contributed by atoms with E-state index in [2.05, 4.69) is 51.0 Å². The van der Waals surface area contributed by atoms with E-state index in [9.17, 15) is 4.79 Å². The number of aldehydes is 1. The molecule has 0 N–H and O–H groups in total. The fourth-order valence-corrected chi connectivity index (χ4v) is 7.92. The highest BCUT2D eigenvalue weighted by atomic mass is 28.3. The largest absolute Gasteiger partial charge is 0.542 e. The number of hydrogen-bond acceptors (Lipinski definition) is 3. The molecule has 1 radical (unpaired) electrons. The smallest absolute Gasteiger partial charge is 0.274 e. The topological polar surface area (TPSA) is 39.2 Å². The highest BCUT2D eigenvalue weighted by molar-refractivity contribution is 6.49. The Bertz CT molecular complexity index is 984. The van der Waals surface area contributed by atoms with Crippen molar-refractivity contribution in [2.75, 3.05) is 0 Å². The number of pyridine rings is 1. The molecule has 32 heavy (non-hydrogen) atoms. The van der Waals surface area contributed by atoms with Crippen LogP contribution in [0.3, 0.4) is 0 Å². The summed E-state index contributed by atoms with van der Waals surface area (Å²) in [6, 6.07) is 8.41. The number of carbonyl (C=O) groups excluding carboxylic acids is 1. The van der Waals surface area contributed by atoms with Crippen LogP contribution in [-0.4, -0.2) is 20.3 Å². The van der Waals surface area contributed by atoms with Gasteiger partial charge in [0, 0.05) is 28.3 Å². The van der Waals surface area contributed by atoms with Crippen LogP contribution in [0.2, 0.25) is 13.1 Å². The molecule has 2 aromatic rings. The predicted molar refractivity (Wildman–Crippen MR) is 132 cm³/mol. The van der Waals surface area contributed by atoms with Gasteiger partial charge in [0.2, 0.25) is 0 Å². The zero-order chi connectivity index (χ0) is 22.7. The lowest BCUT2D eigenvalue weighted by molar-refractivity contribution is -0.00654.